The Morgan fingerprint density at radius 1 is 1.37 bits per heavy atom. The second-order valence-electron chi connectivity index (χ2n) is 4.54. The third-order valence-electron chi connectivity index (χ3n) is 2.87. The van der Waals surface area contributed by atoms with Crippen molar-refractivity contribution in [3.63, 3.8) is 0 Å². The predicted molar refractivity (Wildman–Crippen MR) is 70.6 cm³/mol. The highest BCUT2D eigenvalue weighted by Crippen LogP contribution is 2.08. The van der Waals surface area contributed by atoms with Gasteiger partial charge < -0.3 is 10.6 Å². The highest BCUT2D eigenvalue weighted by molar-refractivity contribution is 5.76. The monoisotopic (exact) mass is 270 g/mol. The van der Waals surface area contributed by atoms with Gasteiger partial charge in [-0.3, -0.25) is 4.79 Å². The molecule has 0 aromatic heterocycles. The van der Waals surface area contributed by atoms with Gasteiger partial charge in [-0.15, -0.1) is 0 Å². The molecule has 0 aliphatic rings. The highest BCUT2D eigenvalue weighted by Gasteiger charge is 2.06. The zero-order valence-electron chi connectivity index (χ0n) is 11.3. The van der Waals surface area contributed by atoms with E-state index in [2.05, 4.69) is 10.6 Å². The molecular formula is C14H20F2N2O. The molecule has 2 N–H and O–H groups in total. The van der Waals surface area contributed by atoms with Gasteiger partial charge in [0.1, 0.15) is 11.6 Å². The Bertz CT molecular complexity index is 424. The van der Waals surface area contributed by atoms with Gasteiger partial charge in [0.2, 0.25) is 5.91 Å². The quantitative estimate of drug-likeness (QED) is 0.747. The van der Waals surface area contributed by atoms with Crippen molar-refractivity contribution in [2.75, 3.05) is 6.54 Å². The maximum absolute atomic E-state index is 13.3. The Morgan fingerprint density at radius 2 is 2.11 bits per heavy atom. The molecule has 0 aliphatic heterocycles. The second-order valence-corrected chi connectivity index (χ2v) is 4.54. The molecule has 0 aliphatic carbocycles. The lowest BCUT2D eigenvalue weighted by atomic mass is 10.2. The van der Waals surface area contributed by atoms with E-state index in [9.17, 15) is 13.6 Å². The largest absolute Gasteiger partial charge is 0.354 e. The van der Waals surface area contributed by atoms with E-state index in [0.717, 1.165) is 24.6 Å². The van der Waals surface area contributed by atoms with Crippen molar-refractivity contribution in [3.05, 3.63) is 35.4 Å². The Kier molecular flexibility index (Phi) is 6.42. The molecule has 3 nitrogen and oxygen atoms in total. The predicted octanol–water partition coefficient (Wildman–Crippen LogP) is 2.36. The number of nitrogens with one attached hydrogen (secondary N) is 2. The van der Waals surface area contributed by atoms with E-state index in [1.54, 1.807) is 0 Å². The van der Waals surface area contributed by atoms with Crippen LogP contribution in [0.4, 0.5) is 8.78 Å². The molecule has 1 amide bonds. The molecule has 0 saturated carbocycles. The fraction of sp³-hybridized carbons (Fsp3) is 0.500. The normalized spacial score (nSPS) is 12.2. The van der Waals surface area contributed by atoms with Crippen LogP contribution < -0.4 is 10.6 Å². The summed E-state index contributed by atoms with van der Waals surface area (Å²) in [7, 11) is 0. The highest BCUT2D eigenvalue weighted by atomic mass is 19.1. The van der Waals surface area contributed by atoms with Crippen LogP contribution in [0.5, 0.6) is 0 Å². The molecule has 0 spiro atoms. The van der Waals surface area contributed by atoms with Crippen molar-refractivity contribution in [3.8, 4) is 0 Å². The minimum Gasteiger partial charge on any atom is -0.354 e. The van der Waals surface area contributed by atoms with Gasteiger partial charge in [-0.25, -0.2) is 8.78 Å². The molecule has 0 bridgehead atoms. The van der Waals surface area contributed by atoms with Crippen LogP contribution in [0.1, 0.15) is 32.3 Å². The zero-order valence-corrected chi connectivity index (χ0v) is 11.3. The molecule has 1 atom stereocenters. The Labute approximate surface area is 112 Å². The first-order valence-corrected chi connectivity index (χ1v) is 6.47. The van der Waals surface area contributed by atoms with E-state index >= 15 is 0 Å². The molecule has 0 heterocycles. The Balaban J connectivity index is 2.27. The average Bonchev–Trinajstić information content (AvgIpc) is 2.38. The number of rotatable bonds is 7. The summed E-state index contributed by atoms with van der Waals surface area (Å²) in [5, 5.41) is 5.76. The molecule has 0 fully saturated rings. The molecule has 106 valence electrons. The molecular weight excluding hydrogens is 250 g/mol. The average molecular weight is 270 g/mol. The standard InChI is InChI=1S/C14H20F2N2O/c1-3-10(2)18-14(19)6-7-17-9-11-8-12(15)4-5-13(11)16/h4-5,8,10,17H,3,6-7,9H2,1-2H3,(H,18,19). The van der Waals surface area contributed by atoms with Crippen LogP contribution in [-0.2, 0) is 11.3 Å². The van der Waals surface area contributed by atoms with E-state index in [-0.39, 0.29) is 24.1 Å². The van der Waals surface area contributed by atoms with Gasteiger partial charge in [-0.2, -0.15) is 0 Å². The number of hydrogen-bond donors (Lipinski definition) is 2. The lowest BCUT2D eigenvalue weighted by Gasteiger charge is -2.11. The van der Waals surface area contributed by atoms with Crippen molar-refractivity contribution in [1.82, 2.24) is 10.6 Å². The van der Waals surface area contributed by atoms with Gasteiger partial charge in [-0.1, -0.05) is 6.92 Å². The first-order chi connectivity index (χ1) is 9.02. The summed E-state index contributed by atoms with van der Waals surface area (Å²) < 4.78 is 26.2. The number of amides is 1. The fourth-order valence-corrected chi connectivity index (χ4v) is 1.55. The summed E-state index contributed by atoms with van der Waals surface area (Å²) in [5.74, 6) is -0.952. The minimum absolute atomic E-state index is 0.0402. The SMILES string of the molecule is CCC(C)NC(=O)CCNCc1cc(F)ccc1F. The number of benzene rings is 1. The van der Waals surface area contributed by atoms with Gasteiger partial charge in [0.15, 0.2) is 0 Å². The first-order valence-electron chi connectivity index (χ1n) is 6.47. The second kappa shape index (κ2) is 7.84. The van der Waals surface area contributed by atoms with Gasteiger partial charge in [0.05, 0.1) is 0 Å². The van der Waals surface area contributed by atoms with E-state index in [1.807, 2.05) is 13.8 Å². The van der Waals surface area contributed by atoms with Gasteiger partial charge >= 0.3 is 0 Å². The number of hydrogen-bond acceptors (Lipinski definition) is 2. The van der Waals surface area contributed by atoms with Gasteiger partial charge in [-0.05, 0) is 31.5 Å². The summed E-state index contributed by atoms with van der Waals surface area (Å²) in [6.45, 7) is 4.57. The van der Waals surface area contributed by atoms with Crippen LogP contribution in [0.25, 0.3) is 0 Å². The fourth-order valence-electron chi connectivity index (χ4n) is 1.55. The summed E-state index contributed by atoms with van der Waals surface area (Å²) in [6, 6.07) is 3.50. The van der Waals surface area contributed by atoms with E-state index in [4.69, 9.17) is 0 Å². The van der Waals surface area contributed by atoms with Crippen LogP contribution in [-0.4, -0.2) is 18.5 Å². The lowest BCUT2D eigenvalue weighted by Crippen LogP contribution is -2.33. The Hall–Kier alpha value is -1.49. The van der Waals surface area contributed by atoms with Gasteiger partial charge in [0.25, 0.3) is 0 Å². The number of carbonyl (C=O) groups is 1. The van der Waals surface area contributed by atoms with Crippen LogP contribution in [0, 0.1) is 11.6 Å². The third-order valence-corrected chi connectivity index (χ3v) is 2.87. The molecule has 0 saturated heterocycles. The van der Waals surface area contributed by atoms with E-state index < -0.39 is 11.6 Å². The number of halogens is 2. The van der Waals surface area contributed by atoms with Crippen molar-refractivity contribution >= 4 is 5.91 Å². The first kappa shape index (κ1) is 15.6. The van der Waals surface area contributed by atoms with Crippen molar-refractivity contribution in [1.29, 1.82) is 0 Å². The minimum atomic E-state index is -0.465. The zero-order chi connectivity index (χ0) is 14.3. The third kappa shape index (κ3) is 5.79. The summed E-state index contributed by atoms with van der Waals surface area (Å²) in [4.78, 5) is 11.5. The van der Waals surface area contributed by atoms with E-state index in [0.29, 0.717) is 13.0 Å². The summed E-state index contributed by atoms with van der Waals surface area (Å²) >= 11 is 0. The van der Waals surface area contributed by atoms with Crippen molar-refractivity contribution < 1.29 is 13.6 Å². The molecule has 1 rings (SSSR count). The lowest BCUT2D eigenvalue weighted by molar-refractivity contribution is -0.121. The molecule has 1 aromatic rings. The molecule has 5 heteroatoms. The van der Waals surface area contributed by atoms with Crippen LogP contribution >= 0.6 is 0 Å². The Morgan fingerprint density at radius 3 is 2.79 bits per heavy atom. The molecule has 0 radical (unpaired) electrons. The molecule has 1 aromatic carbocycles. The van der Waals surface area contributed by atoms with Crippen molar-refractivity contribution in [2.24, 2.45) is 0 Å². The number of carbonyl (C=O) groups excluding carboxylic acids is 1. The van der Waals surface area contributed by atoms with Gasteiger partial charge in [0, 0.05) is 31.1 Å². The molecule has 19 heavy (non-hydrogen) atoms. The summed E-state index contributed by atoms with van der Waals surface area (Å²) in [6.07, 6.45) is 1.20. The van der Waals surface area contributed by atoms with E-state index in [1.165, 1.54) is 0 Å². The smallest absolute Gasteiger partial charge is 0.221 e. The maximum atomic E-state index is 13.3. The maximum Gasteiger partial charge on any atom is 0.221 e. The summed E-state index contributed by atoms with van der Waals surface area (Å²) in [5.41, 5.74) is 0.266. The van der Waals surface area contributed by atoms with Crippen molar-refractivity contribution in [2.45, 2.75) is 39.3 Å². The van der Waals surface area contributed by atoms with Crippen LogP contribution in [0.3, 0.4) is 0 Å². The van der Waals surface area contributed by atoms with Crippen LogP contribution in [0.15, 0.2) is 18.2 Å². The topological polar surface area (TPSA) is 41.1 Å². The van der Waals surface area contributed by atoms with Crippen LogP contribution in [0.2, 0.25) is 0 Å². The molecule has 1 unspecified atom stereocenters.